The first-order valence-corrected chi connectivity index (χ1v) is 11.4. The van der Waals surface area contributed by atoms with E-state index in [1.807, 2.05) is 53.2 Å². The van der Waals surface area contributed by atoms with Gasteiger partial charge in [-0.05, 0) is 54.8 Å². The number of amidine groups is 1. The summed E-state index contributed by atoms with van der Waals surface area (Å²) in [5.74, 6) is -0.0802. The number of carbonyl (C=O) groups excluding carboxylic acids is 1. The van der Waals surface area contributed by atoms with Crippen LogP contribution in [0.15, 0.2) is 60.9 Å². The van der Waals surface area contributed by atoms with Crippen molar-refractivity contribution in [3.8, 4) is 0 Å². The Hall–Kier alpha value is -3.71. The Kier molecular flexibility index (Phi) is 5.56. The van der Waals surface area contributed by atoms with E-state index in [0.717, 1.165) is 52.9 Å². The van der Waals surface area contributed by atoms with Crippen molar-refractivity contribution in [3.63, 3.8) is 0 Å². The first-order valence-electron chi connectivity index (χ1n) is 11.4. The number of hydrogen-bond donors (Lipinski definition) is 4. The monoisotopic (exact) mass is 440 g/mol. The third kappa shape index (κ3) is 4.19. The third-order valence-electron chi connectivity index (χ3n) is 6.65. The van der Waals surface area contributed by atoms with Crippen LogP contribution in [0.5, 0.6) is 0 Å². The van der Waals surface area contributed by atoms with Crippen LogP contribution < -0.4 is 16.8 Å². The van der Waals surface area contributed by atoms with E-state index < -0.39 is 0 Å². The van der Waals surface area contributed by atoms with Gasteiger partial charge < -0.3 is 21.4 Å². The summed E-state index contributed by atoms with van der Waals surface area (Å²) in [5, 5.41) is 14.2. The van der Waals surface area contributed by atoms with Crippen molar-refractivity contribution < 1.29 is 4.79 Å². The molecule has 0 atom stereocenters. The van der Waals surface area contributed by atoms with E-state index in [4.69, 9.17) is 16.9 Å². The fourth-order valence-corrected chi connectivity index (χ4v) is 4.80. The van der Waals surface area contributed by atoms with Crippen molar-refractivity contribution in [3.05, 3.63) is 77.7 Å². The summed E-state index contributed by atoms with van der Waals surface area (Å²) >= 11 is 0. The van der Waals surface area contributed by atoms with Gasteiger partial charge in [-0.25, -0.2) is 0 Å². The van der Waals surface area contributed by atoms with Gasteiger partial charge in [-0.2, -0.15) is 0 Å². The second-order valence-electron chi connectivity index (χ2n) is 8.90. The van der Waals surface area contributed by atoms with Crippen LogP contribution in [0.3, 0.4) is 0 Å². The molecule has 168 valence electrons. The highest BCUT2D eigenvalue weighted by molar-refractivity contribution is 6.02. The van der Waals surface area contributed by atoms with Crippen LogP contribution in [-0.2, 0) is 6.54 Å². The zero-order valence-electron chi connectivity index (χ0n) is 18.4. The van der Waals surface area contributed by atoms with E-state index in [2.05, 4.69) is 16.4 Å². The Morgan fingerprint density at radius 2 is 1.91 bits per heavy atom. The Labute approximate surface area is 192 Å². The molecule has 1 saturated carbocycles. The maximum absolute atomic E-state index is 13.4. The topological polar surface area (TPSA) is 123 Å². The van der Waals surface area contributed by atoms with Gasteiger partial charge in [-0.1, -0.05) is 30.3 Å². The number of nitrogens with zero attached hydrogens (tertiary/aromatic N) is 2. The average Bonchev–Trinajstić information content (AvgIpc) is 3.18. The third-order valence-corrected chi connectivity index (χ3v) is 6.65. The highest BCUT2D eigenvalue weighted by Crippen LogP contribution is 2.26. The molecule has 0 unspecified atom stereocenters. The number of nitrogens with two attached hydrogens (primary N) is 2. The minimum Gasteiger partial charge on any atom is -0.384 e. The molecule has 7 nitrogen and oxygen atoms in total. The van der Waals surface area contributed by atoms with E-state index in [1.54, 1.807) is 6.20 Å². The van der Waals surface area contributed by atoms with Crippen LogP contribution in [0.25, 0.3) is 21.7 Å². The second-order valence-corrected chi connectivity index (χ2v) is 8.90. The van der Waals surface area contributed by atoms with Gasteiger partial charge in [0.15, 0.2) is 0 Å². The van der Waals surface area contributed by atoms with Crippen LogP contribution in [0, 0.1) is 5.41 Å². The molecule has 1 aliphatic carbocycles. The van der Waals surface area contributed by atoms with Crippen molar-refractivity contribution in [1.29, 1.82) is 5.41 Å². The average molecular weight is 441 g/mol. The minimum atomic E-state index is -0.0852. The minimum absolute atomic E-state index is 0.00503. The van der Waals surface area contributed by atoms with Gasteiger partial charge in [0.1, 0.15) is 11.5 Å². The standard InChI is InChI=1S/C26H28N6O/c27-20-6-8-21(9-7-20)31-26(33)24-12-16-4-5-17(25(28)29)13-23(16)32(24)15-19-3-1-2-18-14-30-11-10-22(18)19/h1-5,10-14,20-21H,6-9,15,27H2,(H3,28,29)(H,31,33). The molecule has 1 amide bonds. The molecule has 6 N–H and O–H groups in total. The molecule has 2 aromatic heterocycles. The lowest BCUT2D eigenvalue weighted by Crippen LogP contribution is -2.41. The van der Waals surface area contributed by atoms with Gasteiger partial charge in [0.25, 0.3) is 5.91 Å². The van der Waals surface area contributed by atoms with E-state index >= 15 is 0 Å². The number of nitrogens with one attached hydrogen (secondary N) is 2. The molecule has 0 saturated heterocycles. The fourth-order valence-electron chi connectivity index (χ4n) is 4.80. The first kappa shape index (κ1) is 21.2. The predicted octanol–water partition coefficient (Wildman–Crippen LogP) is 3.52. The highest BCUT2D eigenvalue weighted by Gasteiger charge is 2.23. The Morgan fingerprint density at radius 1 is 1.09 bits per heavy atom. The molecule has 0 spiro atoms. The molecule has 5 rings (SSSR count). The maximum Gasteiger partial charge on any atom is 0.268 e. The van der Waals surface area contributed by atoms with Gasteiger partial charge in [0.05, 0.1) is 0 Å². The SMILES string of the molecule is N=C(N)c1ccc2cc(C(=O)NC3CCC(N)CC3)n(Cc3cccc4cnccc34)c2c1. The number of hydrogen-bond acceptors (Lipinski definition) is 4. The largest absolute Gasteiger partial charge is 0.384 e. The predicted molar refractivity (Wildman–Crippen MR) is 131 cm³/mol. The van der Waals surface area contributed by atoms with Gasteiger partial charge >= 0.3 is 0 Å². The van der Waals surface area contributed by atoms with Crippen LogP contribution in [-0.4, -0.2) is 33.4 Å². The van der Waals surface area contributed by atoms with Crippen molar-refractivity contribution in [1.82, 2.24) is 14.9 Å². The number of pyridine rings is 1. The van der Waals surface area contributed by atoms with Crippen molar-refractivity contribution in [2.75, 3.05) is 0 Å². The van der Waals surface area contributed by atoms with E-state index in [1.165, 1.54) is 0 Å². The molecule has 0 radical (unpaired) electrons. The number of aromatic nitrogens is 2. The molecule has 7 heteroatoms. The Balaban J connectivity index is 1.57. The van der Waals surface area contributed by atoms with Crippen LogP contribution in [0.1, 0.15) is 47.3 Å². The fraction of sp³-hybridized carbons (Fsp3) is 0.269. The van der Waals surface area contributed by atoms with Gasteiger partial charge in [0.2, 0.25) is 0 Å². The number of fused-ring (bicyclic) bond motifs is 2. The number of nitrogen functional groups attached to an aromatic ring is 1. The molecule has 1 fully saturated rings. The smallest absolute Gasteiger partial charge is 0.268 e. The number of amides is 1. The van der Waals surface area contributed by atoms with E-state index in [-0.39, 0.29) is 23.8 Å². The van der Waals surface area contributed by atoms with Crippen LogP contribution in [0.4, 0.5) is 0 Å². The summed E-state index contributed by atoms with van der Waals surface area (Å²) in [6.07, 6.45) is 7.30. The van der Waals surface area contributed by atoms with Crippen LogP contribution >= 0.6 is 0 Å². The van der Waals surface area contributed by atoms with Crippen molar-refractivity contribution in [2.45, 2.75) is 44.3 Å². The van der Waals surface area contributed by atoms with Gasteiger partial charge in [-0.3, -0.25) is 15.2 Å². The molecule has 33 heavy (non-hydrogen) atoms. The molecular weight excluding hydrogens is 412 g/mol. The highest BCUT2D eigenvalue weighted by atomic mass is 16.2. The molecule has 4 aromatic rings. The normalized spacial score (nSPS) is 18.5. The lowest BCUT2D eigenvalue weighted by molar-refractivity contribution is 0.0917. The summed E-state index contributed by atoms with van der Waals surface area (Å²) in [6, 6.07) is 16.1. The first-order chi connectivity index (χ1) is 16.0. The number of carbonyl (C=O) groups is 1. The van der Waals surface area contributed by atoms with Gasteiger partial charge in [-0.15, -0.1) is 0 Å². The number of rotatable bonds is 5. The van der Waals surface area contributed by atoms with E-state index in [9.17, 15) is 4.79 Å². The molecule has 0 bridgehead atoms. The Bertz CT molecular complexity index is 1340. The molecule has 2 aromatic carbocycles. The lowest BCUT2D eigenvalue weighted by Gasteiger charge is -2.27. The lowest BCUT2D eigenvalue weighted by atomic mass is 9.92. The summed E-state index contributed by atoms with van der Waals surface area (Å²) < 4.78 is 2.03. The summed E-state index contributed by atoms with van der Waals surface area (Å²) in [7, 11) is 0. The van der Waals surface area contributed by atoms with Gasteiger partial charge in [0, 0.05) is 52.9 Å². The zero-order chi connectivity index (χ0) is 22.9. The van der Waals surface area contributed by atoms with Crippen molar-refractivity contribution in [2.24, 2.45) is 11.5 Å². The van der Waals surface area contributed by atoms with Crippen LogP contribution in [0.2, 0.25) is 0 Å². The van der Waals surface area contributed by atoms with E-state index in [0.29, 0.717) is 17.8 Å². The molecule has 0 aliphatic heterocycles. The second kappa shape index (κ2) is 8.67. The van der Waals surface area contributed by atoms with Crippen molar-refractivity contribution >= 4 is 33.4 Å². The quantitative estimate of drug-likeness (QED) is 0.280. The summed E-state index contributed by atoms with van der Waals surface area (Å²) in [4.78, 5) is 17.6. The maximum atomic E-state index is 13.4. The summed E-state index contributed by atoms with van der Waals surface area (Å²) in [6.45, 7) is 0.518. The number of benzene rings is 2. The zero-order valence-corrected chi connectivity index (χ0v) is 18.4. The molecule has 1 aliphatic rings. The molecular formula is C26H28N6O. The summed E-state index contributed by atoms with van der Waals surface area (Å²) in [5.41, 5.74) is 15.0. The Morgan fingerprint density at radius 3 is 2.70 bits per heavy atom. The molecule has 2 heterocycles.